The van der Waals surface area contributed by atoms with Crippen molar-refractivity contribution in [2.45, 2.75) is 25.3 Å². The fourth-order valence-corrected chi connectivity index (χ4v) is 2.55. The molecule has 2 rings (SSSR count). The molecule has 0 aromatic heterocycles. The number of hydrogen-bond donors (Lipinski definition) is 0. The van der Waals surface area contributed by atoms with Gasteiger partial charge in [-0.15, -0.1) is 0 Å². The number of alkyl halides is 1. The van der Waals surface area contributed by atoms with Crippen molar-refractivity contribution in [3.8, 4) is 0 Å². The minimum atomic E-state index is -0.412. The van der Waals surface area contributed by atoms with Crippen molar-refractivity contribution in [2.24, 2.45) is 0 Å². The smallest absolute Gasteiger partial charge is 0.227 e. The van der Waals surface area contributed by atoms with Crippen LogP contribution in [0.2, 0.25) is 5.02 Å². The van der Waals surface area contributed by atoms with Crippen LogP contribution in [0.1, 0.15) is 18.4 Å². The average molecular weight is 335 g/mol. The number of hydrogen-bond acceptors (Lipinski definition) is 1. The van der Waals surface area contributed by atoms with Crippen LogP contribution >= 0.6 is 27.5 Å². The Kier molecular flexibility index (Phi) is 4.62. The number of halogens is 3. The first-order chi connectivity index (χ1) is 8.63. The molecule has 0 N–H and O–H groups in total. The molecule has 18 heavy (non-hydrogen) atoms. The maximum Gasteiger partial charge on any atom is 0.227 e. The van der Waals surface area contributed by atoms with Crippen molar-refractivity contribution in [3.05, 3.63) is 34.6 Å². The van der Waals surface area contributed by atoms with Crippen molar-refractivity contribution in [1.82, 2.24) is 4.90 Å². The van der Waals surface area contributed by atoms with Gasteiger partial charge in [-0.3, -0.25) is 4.79 Å². The second-order valence-corrected chi connectivity index (χ2v) is 5.58. The summed E-state index contributed by atoms with van der Waals surface area (Å²) in [7, 11) is 0. The van der Waals surface area contributed by atoms with Gasteiger partial charge in [-0.1, -0.05) is 33.6 Å². The molecule has 0 spiro atoms. The van der Waals surface area contributed by atoms with E-state index < -0.39 is 5.82 Å². The van der Waals surface area contributed by atoms with Crippen LogP contribution in [0.3, 0.4) is 0 Å². The van der Waals surface area contributed by atoms with Gasteiger partial charge in [0, 0.05) is 28.5 Å². The van der Waals surface area contributed by atoms with E-state index in [-0.39, 0.29) is 12.3 Å². The summed E-state index contributed by atoms with van der Waals surface area (Å²) in [5, 5.41) is 1.05. The SMILES string of the molecule is O=C(Cc1c(F)cccc1Cl)N(CCBr)C1CC1. The van der Waals surface area contributed by atoms with Gasteiger partial charge in [0.25, 0.3) is 0 Å². The van der Waals surface area contributed by atoms with Gasteiger partial charge in [-0.25, -0.2) is 4.39 Å². The first-order valence-corrected chi connectivity index (χ1v) is 7.41. The molecule has 1 aliphatic carbocycles. The van der Waals surface area contributed by atoms with Crippen LogP contribution in [0.5, 0.6) is 0 Å². The summed E-state index contributed by atoms with van der Waals surface area (Å²) in [4.78, 5) is 14.0. The summed E-state index contributed by atoms with van der Waals surface area (Å²) in [5.74, 6) is -0.464. The summed E-state index contributed by atoms with van der Waals surface area (Å²) in [6.45, 7) is 0.662. The highest BCUT2D eigenvalue weighted by Gasteiger charge is 2.32. The summed E-state index contributed by atoms with van der Waals surface area (Å²) in [6.07, 6.45) is 2.13. The Labute approximate surface area is 119 Å². The molecule has 0 bridgehead atoms. The zero-order valence-corrected chi connectivity index (χ0v) is 12.2. The largest absolute Gasteiger partial charge is 0.339 e. The van der Waals surface area contributed by atoms with E-state index in [2.05, 4.69) is 15.9 Å². The molecule has 2 nitrogen and oxygen atoms in total. The summed E-state index contributed by atoms with van der Waals surface area (Å²) >= 11 is 9.27. The van der Waals surface area contributed by atoms with E-state index in [1.165, 1.54) is 6.07 Å². The molecular weight excluding hydrogens is 321 g/mol. The predicted molar refractivity (Wildman–Crippen MR) is 73.6 cm³/mol. The fraction of sp³-hybridized carbons (Fsp3) is 0.462. The molecule has 1 aliphatic rings. The quantitative estimate of drug-likeness (QED) is 0.756. The lowest BCUT2D eigenvalue weighted by atomic mass is 10.1. The van der Waals surface area contributed by atoms with Gasteiger partial charge >= 0.3 is 0 Å². The zero-order chi connectivity index (χ0) is 13.1. The molecule has 1 aromatic rings. The lowest BCUT2D eigenvalue weighted by Crippen LogP contribution is -2.36. The predicted octanol–water partition coefficient (Wildman–Crippen LogP) is 3.41. The standard InChI is InChI=1S/C13H14BrClFNO/c14-6-7-17(9-4-5-9)13(18)8-10-11(15)2-1-3-12(10)16/h1-3,9H,4-8H2. The number of carbonyl (C=O) groups excluding carboxylic acids is 1. The lowest BCUT2D eigenvalue weighted by molar-refractivity contribution is -0.130. The van der Waals surface area contributed by atoms with E-state index in [4.69, 9.17) is 11.6 Å². The summed E-state index contributed by atoms with van der Waals surface area (Å²) in [5.41, 5.74) is 0.296. The van der Waals surface area contributed by atoms with Gasteiger partial charge in [0.2, 0.25) is 5.91 Å². The van der Waals surface area contributed by atoms with Crippen LogP contribution in [-0.2, 0) is 11.2 Å². The van der Waals surface area contributed by atoms with Gasteiger partial charge < -0.3 is 4.90 Å². The van der Waals surface area contributed by atoms with E-state index in [1.807, 2.05) is 4.90 Å². The Morgan fingerprint density at radius 2 is 2.22 bits per heavy atom. The van der Waals surface area contributed by atoms with Crippen molar-refractivity contribution in [2.75, 3.05) is 11.9 Å². The first-order valence-electron chi connectivity index (χ1n) is 5.92. The summed E-state index contributed by atoms with van der Waals surface area (Å²) in [6, 6.07) is 4.82. The van der Waals surface area contributed by atoms with Crippen LogP contribution in [0.4, 0.5) is 4.39 Å². The highest BCUT2D eigenvalue weighted by molar-refractivity contribution is 9.09. The Bertz CT molecular complexity index is 430. The number of amides is 1. The number of benzene rings is 1. The monoisotopic (exact) mass is 333 g/mol. The van der Waals surface area contributed by atoms with Crippen LogP contribution < -0.4 is 0 Å². The molecule has 98 valence electrons. The Morgan fingerprint density at radius 1 is 1.50 bits per heavy atom. The summed E-state index contributed by atoms with van der Waals surface area (Å²) < 4.78 is 13.6. The maximum absolute atomic E-state index is 13.6. The number of carbonyl (C=O) groups is 1. The van der Waals surface area contributed by atoms with E-state index in [9.17, 15) is 9.18 Å². The Hall–Kier alpha value is -0.610. The Morgan fingerprint density at radius 3 is 2.78 bits per heavy atom. The molecular formula is C13H14BrClFNO. The third-order valence-electron chi connectivity index (χ3n) is 3.02. The van der Waals surface area contributed by atoms with Crippen LogP contribution in [-0.4, -0.2) is 28.7 Å². The molecule has 0 atom stereocenters. The molecule has 1 amide bonds. The number of nitrogens with zero attached hydrogens (tertiary/aromatic N) is 1. The molecule has 0 saturated heterocycles. The van der Waals surface area contributed by atoms with Crippen molar-refractivity contribution < 1.29 is 9.18 Å². The third kappa shape index (κ3) is 3.23. The molecule has 0 unspecified atom stereocenters. The van der Waals surface area contributed by atoms with E-state index in [0.29, 0.717) is 23.2 Å². The maximum atomic E-state index is 13.6. The molecule has 1 saturated carbocycles. The third-order valence-corrected chi connectivity index (χ3v) is 3.73. The lowest BCUT2D eigenvalue weighted by Gasteiger charge is -2.21. The Balaban J connectivity index is 2.10. The first kappa shape index (κ1) is 13.8. The molecule has 1 aromatic carbocycles. The van der Waals surface area contributed by atoms with Crippen molar-refractivity contribution >= 4 is 33.4 Å². The van der Waals surface area contributed by atoms with E-state index in [0.717, 1.165) is 18.2 Å². The second kappa shape index (κ2) is 6.02. The van der Waals surface area contributed by atoms with Crippen LogP contribution in [0, 0.1) is 5.82 Å². The van der Waals surface area contributed by atoms with Crippen LogP contribution in [0.25, 0.3) is 0 Å². The molecule has 0 radical (unpaired) electrons. The average Bonchev–Trinajstić information content (AvgIpc) is 3.15. The van der Waals surface area contributed by atoms with Gasteiger partial charge in [0.05, 0.1) is 6.42 Å². The van der Waals surface area contributed by atoms with E-state index >= 15 is 0 Å². The number of rotatable bonds is 5. The fourth-order valence-electron chi connectivity index (χ4n) is 1.94. The molecule has 1 fully saturated rings. The normalized spacial score (nSPS) is 14.6. The minimum absolute atomic E-state index is 0.0367. The zero-order valence-electron chi connectivity index (χ0n) is 9.83. The molecule has 0 heterocycles. The second-order valence-electron chi connectivity index (χ2n) is 4.38. The topological polar surface area (TPSA) is 20.3 Å². The highest BCUT2D eigenvalue weighted by atomic mass is 79.9. The van der Waals surface area contributed by atoms with Crippen molar-refractivity contribution in [1.29, 1.82) is 0 Å². The van der Waals surface area contributed by atoms with Gasteiger partial charge in [-0.2, -0.15) is 0 Å². The minimum Gasteiger partial charge on any atom is -0.339 e. The van der Waals surface area contributed by atoms with Gasteiger partial charge in [0.1, 0.15) is 5.82 Å². The van der Waals surface area contributed by atoms with Crippen LogP contribution in [0.15, 0.2) is 18.2 Å². The highest BCUT2D eigenvalue weighted by Crippen LogP contribution is 2.28. The molecule has 5 heteroatoms. The molecule has 0 aliphatic heterocycles. The van der Waals surface area contributed by atoms with Gasteiger partial charge in [0.15, 0.2) is 0 Å². The van der Waals surface area contributed by atoms with Crippen molar-refractivity contribution in [3.63, 3.8) is 0 Å². The van der Waals surface area contributed by atoms with Gasteiger partial charge in [-0.05, 0) is 25.0 Å². The van der Waals surface area contributed by atoms with E-state index in [1.54, 1.807) is 12.1 Å².